The summed E-state index contributed by atoms with van der Waals surface area (Å²) >= 11 is 1.74. The summed E-state index contributed by atoms with van der Waals surface area (Å²) in [6.45, 7) is 9.44. The Morgan fingerprint density at radius 1 is 1.16 bits per heavy atom. The molecule has 2 heterocycles. The first-order chi connectivity index (χ1) is 9.15. The molecule has 0 bridgehead atoms. The maximum absolute atomic E-state index is 4.71. The first-order valence-corrected chi connectivity index (χ1v) is 7.65. The number of aryl methyl sites for hydroxylation is 2. The van der Waals surface area contributed by atoms with Crippen LogP contribution in [0.25, 0.3) is 10.7 Å². The lowest BCUT2D eigenvalue weighted by Crippen LogP contribution is -2.08. The molecular weight excluding hydrogens is 254 g/mol. The Morgan fingerprint density at radius 3 is 2.53 bits per heavy atom. The van der Waals surface area contributed by atoms with E-state index < -0.39 is 0 Å². The van der Waals surface area contributed by atoms with Crippen LogP contribution in [-0.4, -0.2) is 16.5 Å². The van der Waals surface area contributed by atoms with E-state index in [1.807, 2.05) is 0 Å². The molecule has 0 radical (unpaired) electrons. The van der Waals surface area contributed by atoms with Crippen LogP contribution >= 0.6 is 11.3 Å². The van der Waals surface area contributed by atoms with Gasteiger partial charge in [-0.05, 0) is 38.8 Å². The number of hydrogen-bond donors (Lipinski definition) is 1. The first kappa shape index (κ1) is 14.0. The second-order valence-corrected chi connectivity index (χ2v) is 5.94. The van der Waals surface area contributed by atoms with Gasteiger partial charge in [0.2, 0.25) is 0 Å². The summed E-state index contributed by atoms with van der Waals surface area (Å²) in [6.07, 6.45) is 2.06. The quantitative estimate of drug-likeness (QED) is 0.888. The molecule has 0 saturated carbocycles. The number of hydrogen-bond acceptors (Lipinski definition) is 4. The number of anilines is 1. The Bertz CT molecular complexity index is 561. The van der Waals surface area contributed by atoms with Crippen molar-refractivity contribution in [1.82, 2.24) is 9.97 Å². The molecule has 0 aliphatic rings. The smallest absolute Gasteiger partial charge is 0.171 e. The summed E-state index contributed by atoms with van der Waals surface area (Å²) in [5.41, 5.74) is 2.31. The molecule has 0 atom stereocenters. The van der Waals surface area contributed by atoms with E-state index in [2.05, 4.69) is 50.1 Å². The zero-order chi connectivity index (χ0) is 13.8. The number of thiophene rings is 1. The standard InChI is InChI=1S/C15H21N3S/c1-5-9-16-14-12(6-2)11(4)17-15(18-14)13-8-7-10(3)19-13/h7-8H,5-6,9H2,1-4H3,(H,16,17,18). The molecule has 3 nitrogen and oxygen atoms in total. The summed E-state index contributed by atoms with van der Waals surface area (Å²) in [5.74, 6) is 1.84. The van der Waals surface area contributed by atoms with Gasteiger partial charge >= 0.3 is 0 Å². The van der Waals surface area contributed by atoms with Crippen LogP contribution in [0.2, 0.25) is 0 Å². The van der Waals surface area contributed by atoms with Crippen molar-refractivity contribution >= 4 is 17.2 Å². The highest BCUT2D eigenvalue weighted by molar-refractivity contribution is 7.15. The van der Waals surface area contributed by atoms with Crippen molar-refractivity contribution in [2.45, 2.75) is 40.5 Å². The van der Waals surface area contributed by atoms with Gasteiger partial charge in [0.25, 0.3) is 0 Å². The van der Waals surface area contributed by atoms with E-state index in [-0.39, 0.29) is 0 Å². The third-order valence-corrected chi connectivity index (χ3v) is 4.07. The van der Waals surface area contributed by atoms with Crippen LogP contribution in [-0.2, 0) is 6.42 Å². The lowest BCUT2D eigenvalue weighted by molar-refractivity contribution is 0.939. The fraction of sp³-hybridized carbons (Fsp3) is 0.467. The van der Waals surface area contributed by atoms with Crippen molar-refractivity contribution in [3.63, 3.8) is 0 Å². The summed E-state index contributed by atoms with van der Waals surface area (Å²) < 4.78 is 0. The van der Waals surface area contributed by atoms with Crippen LogP contribution in [0.1, 0.15) is 36.4 Å². The summed E-state index contributed by atoms with van der Waals surface area (Å²) in [6, 6.07) is 4.22. The molecule has 0 aromatic carbocycles. The predicted octanol–water partition coefficient (Wildman–Crippen LogP) is 4.21. The average molecular weight is 275 g/mol. The molecule has 0 saturated heterocycles. The van der Waals surface area contributed by atoms with Crippen LogP contribution in [0.5, 0.6) is 0 Å². The fourth-order valence-corrected chi connectivity index (χ4v) is 2.88. The van der Waals surface area contributed by atoms with Gasteiger partial charge in [0.1, 0.15) is 5.82 Å². The largest absolute Gasteiger partial charge is 0.370 e. The van der Waals surface area contributed by atoms with E-state index in [4.69, 9.17) is 4.98 Å². The van der Waals surface area contributed by atoms with Crippen molar-refractivity contribution in [3.05, 3.63) is 28.3 Å². The Hall–Kier alpha value is -1.42. The number of nitrogens with zero attached hydrogens (tertiary/aromatic N) is 2. The van der Waals surface area contributed by atoms with E-state index in [0.717, 1.165) is 41.6 Å². The molecule has 0 aliphatic carbocycles. The molecule has 19 heavy (non-hydrogen) atoms. The maximum Gasteiger partial charge on any atom is 0.171 e. The molecular formula is C15H21N3S. The fourth-order valence-electron chi connectivity index (χ4n) is 2.07. The summed E-state index contributed by atoms with van der Waals surface area (Å²) in [7, 11) is 0. The SMILES string of the molecule is CCCNc1nc(-c2ccc(C)s2)nc(C)c1CC. The zero-order valence-electron chi connectivity index (χ0n) is 12.1. The Kier molecular flexibility index (Phi) is 4.53. The molecule has 0 fully saturated rings. The molecule has 2 aromatic rings. The molecule has 2 aromatic heterocycles. The lowest BCUT2D eigenvalue weighted by Gasteiger charge is -2.12. The van der Waals surface area contributed by atoms with Gasteiger partial charge in [-0.1, -0.05) is 13.8 Å². The van der Waals surface area contributed by atoms with Crippen molar-refractivity contribution in [2.24, 2.45) is 0 Å². The van der Waals surface area contributed by atoms with Crippen LogP contribution in [0.15, 0.2) is 12.1 Å². The minimum absolute atomic E-state index is 0.839. The van der Waals surface area contributed by atoms with Crippen LogP contribution in [0, 0.1) is 13.8 Å². The van der Waals surface area contributed by atoms with Gasteiger partial charge in [0, 0.05) is 22.7 Å². The van der Waals surface area contributed by atoms with Gasteiger partial charge in [-0.15, -0.1) is 11.3 Å². The Morgan fingerprint density at radius 2 is 1.95 bits per heavy atom. The van der Waals surface area contributed by atoms with Gasteiger partial charge in [0.05, 0.1) is 4.88 Å². The van der Waals surface area contributed by atoms with Gasteiger partial charge in [0.15, 0.2) is 5.82 Å². The molecule has 0 amide bonds. The second-order valence-electron chi connectivity index (χ2n) is 4.65. The maximum atomic E-state index is 4.71. The molecule has 0 aliphatic heterocycles. The molecule has 1 N–H and O–H groups in total. The molecule has 4 heteroatoms. The van der Waals surface area contributed by atoms with Crippen molar-refractivity contribution < 1.29 is 0 Å². The highest BCUT2D eigenvalue weighted by atomic mass is 32.1. The van der Waals surface area contributed by atoms with Crippen LogP contribution in [0.3, 0.4) is 0 Å². The zero-order valence-corrected chi connectivity index (χ0v) is 12.9. The monoisotopic (exact) mass is 275 g/mol. The van der Waals surface area contributed by atoms with Crippen molar-refractivity contribution in [1.29, 1.82) is 0 Å². The van der Waals surface area contributed by atoms with E-state index >= 15 is 0 Å². The third-order valence-electron chi connectivity index (χ3n) is 3.07. The third kappa shape index (κ3) is 3.13. The minimum atomic E-state index is 0.839. The molecule has 2 rings (SSSR count). The first-order valence-electron chi connectivity index (χ1n) is 6.83. The van der Waals surface area contributed by atoms with Gasteiger partial charge < -0.3 is 5.32 Å². The molecule has 0 spiro atoms. The Balaban J connectivity index is 2.43. The van der Waals surface area contributed by atoms with Gasteiger partial charge in [-0.2, -0.15) is 0 Å². The van der Waals surface area contributed by atoms with Crippen molar-refractivity contribution in [3.8, 4) is 10.7 Å². The normalized spacial score (nSPS) is 10.7. The predicted molar refractivity (Wildman–Crippen MR) is 83.0 cm³/mol. The topological polar surface area (TPSA) is 37.8 Å². The molecule has 102 valence electrons. The lowest BCUT2D eigenvalue weighted by atomic mass is 10.1. The van der Waals surface area contributed by atoms with Crippen LogP contribution < -0.4 is 5.32 Å². The van der Waals surface area contributed by atoms with Gasteiger partial charge in [-0.25, -0.2) is 9.97 Å². The number of nitrogens with one attached hydrogen (secondary N) is 1. The second kappa shape index (κ2) is 6.15. The summed E-state index contributed by atoms with van der Waals surface area (Å²) in [5, 5.41) is 3.43. The number of rotatable bonds is 5. The van der Waals surface area contributed by atoms with E-state index in [9.17, 15) is 0 Å². The minimum Gasteiger partial charge on any atom is -0.370 e. The highest BCUT2D eigenvalue weighted by Gasteiger charge is 2.12. The van der Waals surface area contributed by atoms with Gasteiger partial charge in [-0.3, -0.25) is 0 Å². The Labute approximate surface area is 119 Å². The van der Waals surface area contributed by atoms with E-state index in [0.29, 0.717) is 0 Å². The van der Waals surface area contributed by atoms with E-state index in [1.165, 1.54) is 10.4 Å². The summed E-state index contributed by atoms with van der Waals surface area (Å²) in [4.78, 5) is 11.8. The van der Waals surface area contributed by atoms with Crippen LogP contribution in [0.4, 0.5) is 5.82 Å². The highest BCUT2D eigenvalue weighted by Crippen LogP contribution is 2.28. The number of aromatic nitrogens is 2. The average Bonchev–Trinajstić information content (AvgIpc) is 2.82. The molecule has 0 unspecified atom stereocenters. The van der Waals surface area contributed by atoms with E-state index in [1.54, 1.807) is 11.3 Å². The van der Waals surface area contributed by atoms with Crippen molar-refractivity contribution in [2.75, 3.05) is 11.9 Å².